The molecule has 3 nitrogen and oxygen atoms in total. The van der Waals surface area contributed by atoms with Crippen molar-refractivity contribution in [3.63, 3.8) is 0 Å². The zero-order valence-corrected chi connectivity index (χ0v) is 13.7. The average Bonchev–Trinajstić information content (AvgIpc) is 2.45. The van der Waals surface area contributed by atoms with Crippen LogP contribution in [0.1, 0.15) is 36.0 Å². The summed E-state index contributed by atoms with van der Waals surface area (Å²) in [6.07, 6.45) is 3.61. The highest BCUT2D eigenvalue weighted by atomic mass is 79.9. The van der Waals surface area contributed by atoms with Crippen LogP contribution in [0.2, 0.25) is 0 Å². The first kappa shape index (κ1) is 16.4. The van der Waals surface area contributed by atoms with Crippen LogP contribution in [0.5, 0.6) is 0 Å². The molecule has 1 aliphatic rings. The third-order valence-corrected chi connectivity index (χ3v) is 4.65. The average molecular weight is 361 g/mol. The van der Waals surface area contributed by atoms with Gasteiger partial charge in [-0.1, -0.05) is 15.9 Å². The molecule has 1 aromatic rings. The second kappa shape index (κ2) is 6.83. The first-order chi connectivity index (χ1) is 9.93. The van der Waals surface area contributed by atoms with Gasteiger partial charge in [0.2, 0.25) is 0 Å². The Kier molecular flexibility index (Phi) is 5.32. The first-order valence-electron chi connectivity index (χ1n) is 7.03. The van der Waals surface area contributed by atoms with E-state index in [2.05, 4.69) is 21.2 Å². The van der Waals surface area contributed by atoms with Crippen LogP contribution in [0.15, 0.2) is 16.6 Å². The third-order valence-electron chi connectivity index (χ3n) is 4.19. The lowest BCUT2D eigenvalue weighted by atomic mass is 9.90. The molecule has 0 bridgehead atoms. The van der Waals surface area contributed by atoms with Gasteiger partial charge in [-0.3, -0.25) is 4.79 Å². The number of amides is 1. The van der Waals surface area contributed by atoms with Gasteiger partial charge in [-0.05, 0) is 44.9 Å². The topological polar surface area (TPSA) is 32.3 Å². The molecule has 0 unspecified atom stereocenters. The number of carbonyl (C=O) groups is 1. The highest BCUT2D eigenvalue weighted by molar-refractivity contribution is 9.10. The Morgan fingerprint density at radius 2 is 1.76 bits per heavy atom. The Hall–Kier alpha value is -1.01. The van der Waals surface area contributed by atoms with Crippen LogP contribution in [0, 0.1) is 11.6 Å². The molecule has 0 aromatic heterocycles. The SMILES string of the molecule is CNC1CCC(N(C)C(=O)c2c(F)cc(Br)cc2F)CC1. The van der Waals surface area contributed by atoms with Crippen molar-refractivity contribution in [2.24, 2.45) is 0 Å². The van der Waals surface area contributed by atoms with Gasteiger partial charge < -0.3 is 10.2 Å². The van der Waals surface area contributed by atoms with E-state index < -0.39 is 23.1 Å². The standard InChI is InChI=1S/C15H19BrF2N2O/c1-19-10-3-5-11(6-4-10)20(2)15(21)14-12(17)7-9(16)8-13(14)18/h7-8,10-11,19H,3-6H2,1-2H3. The number of rotatable bonds is 3. The van der Waals surface area contributed by atoms with Crippen molar-refractivity contribution in [2.45, 2.75) is 37.8 Å². The number of benzene rings is 1. The van der Waals surface area contributed by atoms with Crippen LogP contribution in [0.25, 0.3) is 0 Å². The summed E-state index contributed by atoms with van der Waals surface area (Å²) in [7, 11) is 3.54. The Bertz CT molecular complexity index is 507. The molecular formula is C15H19BrF2N2O. The van der Waals surface area contributed by atoms with Crippen molar-refractivity contribution in [2.75, 3.05) is 14.1 Å². The quantitative estimate of drug-likeness (QED) is 0.896. The summed E-state index contributed by atoms with van der Waals surface area (Å²) in [6.45, 7) is 0. The van der Waals surface area contributed by atoms with E-state index >= 15 is 0 Å². The third kappa shape index (κ3) is 3.61. The molecule has 6 heteroatoms. The molecule has 0 spiro atoms. The van der Waals surface area contributed by atoms with Crippen LogP contribution >= 0.6 is 15.9 Å². The van der Waals surface area contributed by atoms with Crippen molar-refractivity contribution in [1.82, 2.24) is 10.2 Å². The number of hydrogen-bond acceptors (Lipinski definition) is 2. The molecule has 0 atom stereocenters. The van der Waals surface area contributed by atoms with Gasteiger partial charge in [0.15, 0.2) is 0 Å². The maximum absolute atomic E-state index is 13.9. The number of carbonyl (C=O) groups excluding carboxylic acids is 1. The normalized spacial score (nSPS) is 22.1. The summed E-state index contributed by atoms with van der Waals surface area (Å²) in [5.41, 5.74) is -0.476. The van der Waals surface area contributed by atoms with E-state index in [0.717, 1.165) is 37.8 Å². The van der Waals surface area contributed by atoms with Gasteiger partial charge in [-0.25, -0.2) is 8.78 Å². The van der Waals surface area contributed by atoms with E-state index in [-0.39, 0.29) is 10.5 Å². The molecule has 1 fully saturated rings. The number of hydrogen-bond donors (Lipinski definition) is 1. The zero-order chi connectivity index (χ0) is 15.6. The van der Waals surface area contributed by atoms with E-state index in [4.69, 9.17) is 0 Å². The predicted octanol–water partition coefficient (Wildman–Crippen LogP) is 3.33. The molecule has 0 heterocycles. The van der Waals surface area contributed by atoms with Crippen molar-refractivity contribution in [3.05, 3.63) is 33.8 Å². The van der Waals surface area contributed by atoms with Crippen molar-refractivity contribution in [3.8, 4) is 0 Å². The molecule has 0 radical (unpaired) electrons. The highest BCUT2D eigenvalue weighted by Crippen LogP contribution is 2.26. The fourth-order valence-corrected chi connectivity index (χ4v) is 3.24. The van der Waals surface area contributed by atoms with Crippen molar-refractivity contribution in [1.29, 1.82) is 0 Å². The second-order valence-electron chi connectivity index (χ2n) is 5.45. The lowest BCUT2D eigenvalue weighted by molar-refractivity contribution is 0.0676. The predicted molar refractivity (Wildman–Crippen MR) is 81.3 cm³/mol. The number of halogens is 3. The van der Waals surface area contributed by atoms with E-state index in [0.29, 0.717) is 6.04 Å². The monoisotopic (exact) mass is 360 g/mol. The van der Waals surface area contributed by atoms with Crippen molar-refractivity contribution < 1.29 is 13.6 Å². The van der Waals surface area contributed by atoms with Crippen LogP contribution in [-0.2, 0) is 0 Å². The minimum absolute atomic E-state index is 0.0320. The summed E-state index contributed by atoms with van der Waals surface area (Å²) < 4.78 is 28.0. The zero-order valence-electron chi connectivity index (χ0n) is 12.1. The molecule has 116 valence electrons. The van der Waals surface area contributed by atoms with Crippen molar-refractivity contribution >= 4 is 21.8 Å². The van der Waals surface area contributed by atoms with Gasteiger partial charge in [-0.2, -0.15) is 0 Å². The van der Waals surface area contributed by atoms with E-state index in [1.807, 2.05) is 7.05 Å². The largest absolute Gasteiger partial charge is 0.339 e. The minimum Gasteiger partial charge on any atom is -0.339 e. The first-order valence-corrected chi connectivity index (χ1v) is 7.82. The maximum atomic E-state index is 13.9. The smallest absolute Gasteiger partial charge is 0.259 e. The molecule has 0 aliphatic heterocycles. The van der Waals surface area contributed by atoms with Gasteiger partial charge >= 0.3 is 0 Å². The van der Waals surface area contributed by atoms with Crippen LogP contribution in [0.4, 0.5) is 8.78 Å². The number of nitrogens with one attached hydrogen (secondary N) is 1. The summed E-state index contributed by atoms with van der Waals surface area (Å²) in [4.78, 5) is 13.8. The maximum Gasteiger partial charge on any atom is 0.259 e. The minimum atomic E-state index is -0.831. The number of nitrogens with zero attached hydrogens (tertiary/aromatic N) is 1. The van der Waals surface area contributed by atoms with Gasteiger partial charge in [0.05, 0.1) is 0 Å². The molecular weight excluding hydrogens is 342 g/mol. The molecule has 2 rings (SSSR count). The fourth-order valence-electron chi connectivity index (χ4n) is 2.84. The fraction of sp³-hybridized carbons (Fsp3) is 0.533. The van der Waals surface area contributed by atoms with Gasteiger partial charge in [0.25, 0.3) is 5.91 Å². The van der Waals surface area contributed by atoms with Crippen LogP contribution in [0.3, 0.4) is 0 Å². The Morgan fingerprint density at radius 3 is 2.24 bits per heavy atom. The molecule has 1 aromatic carbocycles. The Labute approximate surface area is 131 Å². The summed E-state index contributed by atoms with van der Waals surface area (Å²) in [6, 6.07) is 2.72. The molecule has 21 heavy (non-hydrogen) atoms. The van der Waals surface area contributed by atoms with Gasteiger partial charge in [-0.15, -0.1) is 0 Å². The second-order valence-corrected chi connectivity index (χ2v) is 6.37. The lowest BCUT2D eigenvalue weighted by Crippen LogP contribution is -2.43. The molecule has 0 saturated heterocycles. The highest BCUT2D eigenvalue weighted by Gasteiger charge is 2.29. The molecule has 1 aliphatic carbocycles. The van der Waals surface area contributed by atoms with Crippen LogP contribution in [-0.4, -0.2) is 37.0 Å². The van der Waals surface area contributed by atoms with Gasteiger partial charge in [0.1, 0.15) is 17.2 Å². The van der Waals surface area contributed by atoms with E-state index in [1.165, 1.54) is 4.90 Å². The Morgan fingerprint density at radius 1 is 1.24 bits per heavy atom. The summed E-state index contributed by atoms with van der Waals surface area (Å²) in [5.74, 6) is -2.25. The molecule has 1 amide bonds. The molecule has 1 saturated carbocycles. The molecule has 1 N–H and O–H groups in total. The lowest BCUT2D eigenvalue weighted by Gasteiger charge is -2.34. The van der Waals surface area contributed by atoms with Gasteiger partial charge in [0, 0.05) is 23.6 Å². The van der Waals surface area contributed by atoms with E-state index in [9.17, 15) is 13.6 Å². The summed E-state index contributed by atoms with van der Waals surface area (Å²) in [5, 5.41) is 3.22. The Balaban J connectivity index is 2.13. The van der Waals surface area contributed by atoms with Crippen LogP contribution < -0.4 is 5.32 Å². The van der Waals surface area contributed by atoms with E-state index in [1.54, 1.807) is 7.05 Å². The summed E-state index contributed by atoms with van der Waals surface area (Å²) >= 11 is 3.01.